The van der Waals surface area contributed by atoms with Gasteiger partial charge in [-0.1, -0.05) is 0 Å². The first-order valence-electron chi connectivity index (χ1n) is 7.18. The number of H-pyrrole nitrogens is 2. The van der Waals surface area contributed by atoms with E-state index in [9.17, 15) is 4.79 Å². The molecule has 0 spiro atoms. The largest absolute Gasteiger partial charge is 0.340 e. The van der Waals surface area contributed by atoms with Gasteiger partial charge in [-0.05, 0) is 11.8 Å². The molecule has 4 heterocycles. The molecule has 1 aliphatic heterocycles. The van der Waals surface area contributed by atoms with Crippen molar-refractivity contribution in [3.63, 3.8) is 0 Å². The topological polar surface area (TPSA) is 120 Å². The quantitative estimate of drug-likeness (QED) is 0.540. The van der Waals surface area contributed by atoms with Crippen molar-refractivity contribution in [3.8, 4) is 0 Å². The number of aromatic amines is 2. The number of hydrogen-bond acceptors (Lipinski definition) is 8. The van der Waals surface area contributed by atoms with Crippen LogP contribution in [0.25, 0.3) is 11.2 Å². The van der Waals surface area contributed by atoms with Crippen molar-refractivity contribution in [1.82, 2.24) is 40.0 Å². The molecule has 0 unspecified atom stereocenters. The van der Waals surface area contributed by atoms with E-state index in [0.717, 1.165) is 26.2 Å². The Morgan fingerprint density at radius 2 is 2.09 bits per heavy atom. The van der Waals surface area contributed by atoms with E-state index in [2.05, 4.69) is 40.3 Å². The first-order valence-corrected chi connectivity index (χ1v) is 8.00. The zero-order valence-electron chi connectivity index (χ0n) is 12.4. The Morgan fingerprint density at radius 1 is 1.26 bits per heavy atom. The standard InChI is InChI=1S/C12H15N9OS/c1-20-9(22)7-8(18-12(20)23-11-14-6-15-19-11)17-10(16-7)21-4-2-13-3-5-21/h6,13H,2-5H2,1H3,(H,16,17)(H,14,15,19). The summed E-state index contributed by atoms with van der Waals surface area (Å²) in [5.41, 5.74) is 0.668. The highest BCUT2D eigenvalue weighted by Crippen LogP contribution is 2.22. The van der Waals surface area contributed by atoms with Crippen molar-refractivity contribution in [2.45, 2.75) is 10.3 Å². The van der Waals surface area contributed by atoms with Gasteiger partial charge >= 0.3 is 0 Å². The number of nitrogens with zero attached hydrogens (tertiary/aromatic N) is 6. The maximum absolute atomic E-state index is 12.5. The number of hydrogen-bond donors (Lipinski definition) is 3. The molecular weight excluding hydrogens is 318 g/mol. The summed E-state index contributed by atoms with van der Waals surface area (Å²) in [6, 6.07) is 0. The average molecular weight is 333 g/mol. The molecule has 0 aliphatic carbocycles. The molecule has 3 aromatic rings. The third-order valence-electron chi connectivity index (χ3n) is 3.67. The molecule has 0 saturated carbocycles. The highest BCUT2D eigenvalue weighted by Gasteiger charge is 2.18. The van der Waals surface area contributed by atoms with E-state index in [1.807, 2.05) is 0 Å². The van der Waals surface area contributed by atoms with Gasteiger partial charge in [-0.2, -0.15) is 4.98 Å². The van der Waals surface area contributed by atoms with Crippen LogP contribution in [-0.2, 0) is 7.05 Å². The van der Waals surface area contributed by atoms with Gasteiger partial charge in [0.15, 0.2) is 16.3 Å². The van der Waals surface area contributed by atoms with Crippen molar-refractivity contribution < 1.29 is 0 Å². The fourth-order valence-electron chi connectivity index (χ4n) is 2.45. The second-order valence-corrected chi connectivity index (χ2v) is 6.07. The molecule has 0 amide bonds. The number of aromatic nitrogens is 7. The van der Waals surface area contributed by atoms with Crippen LogP contribution >= 0.6 is 11.8 Å². The van der Waals surface area contributed by atoms with Crippen LogP contribution in [0.2, 0.25) is 0 Å². The molecular formula is C12H15N9OS. The third-order valence-corrected chi connectivity index (χ3v) is 4.60. The van der Waals surface area contributed by atoms with E-state index in [1.54, 1.807) is 7.05 Å². The summed E-state index contributed by atoms with van der Waals surface area (Å²) in [5.74, 6) is 0.686. The van der Waals surface area contributed by atoms with Gasteiger partial charge in [-0.25, -0.2) is 9.97 Å². The van der Waals surface area contributed by atoms with Crippen molar-refractivity contribution in [3.05, 3.63) is 16.7 Å². The van der Waals surface area contributed by atoms with Gasteiger partial charge in [0.05, 0.1) is 0 Å². The monoisotopic (exact) mass is 333 g/mol. The Balaban J connectivity index is 1.75. The predicted molar refractivity (Wildman–Crippen MR) is 84.7 cm³/mol. The average Bonchev–Trinajstić information content (AvgIpc) is 3.23. The van der Waals surface area contributed by atoms with E-state index >= 15 is 0 Å². The van der Waals surface area contributed by atoms with E-state index in [-0.39, 0.29) is 5.56 Å². The molecule has 0 aromatic carbocycles. The Labute approximate surface area is 134 Å². The van der Waals surface area contributed by atoms with Crippen molar-refractivity contribution in [2.24, 2.45) is 7.05 Å². The van der Waals surface area contributed by atoms with E-state index < -0.39 is 0 Å². The van der Waals surface area contributed by atoms with Crippen LogP contribution in [0.1, 0.15) is 0 Å². The fraction of sp³-hybridized carbons (Fsp3) is 0.417. The molecule has 0 radical (unpaired) electrons. The molecule has 3 aromatic heterocycles. The Bertz CT molecular complexity index is 878. The second kappa shape index (κ2) is 5.66. The van der Waals surface area contributed by atoms with E-state index in [1.165, 1.54) is 22.7 Å². The van der Waals surface area contributed by atoms with Gasteiger partial charge in [0.25, 0.3) is 5.56 Å². The normalized spacial score (nSPS) is 15.4. The van der Waals surface area contributed by atoms with Crippen molar-refractivity contribution in [1.29, 1.82) is 0 Å². The summed E-state index contributed by atoms with van der Waals surface area (Å²) in [6.07, 6.45) is 1.48. The van der Waals surface area contributed by atoms with Crippen LogP contribution in [0.5, 0.6) is 0 Å². The molecule has 23 heavy (non-hydrogen) atoms. The van der Waals surface area contributed by atoms with Crippen molar-refractivity contribution in [2.75, 3.05) is 31.1 Å². The molecule has 1 aliphatic rings. The van der Waals surface area contributed by atoms with Gasteiger partial charge in [0.2, 0.25) is 11.1 Å². The van der Waals surface area contributed by atoms with Crippen LogP contribution in [0.3, 0.4) is 0 Å². The molecule has 1 saturated heterocycles. The number of rotatable bonds is 3. The summed E-state index contributed by atoms with van der Waals surface area (Å²) in [6.45, 7) is 3.49. The molecule has 3 N–H and O–H groups in total. The van der Waals surface area contributed by atoms with Crippen LogP contribution in [0, 0.1) is 0 Å². The highest BCUT2D eigenvalue weighted by atomic mass is 32.2. The maximum Gasteiger partial charge on any atom is 0.280 e. The zero-order chi connectivity index (χ0) is 15.8. The Morgan fingerprint density at radius 3 is 2.83 bits per heavy atom. The minimum absolute atomic E-state index is 0.165. The number of anilines is 1. The number of fused-ring (bicyclic) bond motifs is 1. The minimum Gasteiger partial charge on any atom is -0.340 e. The number of imidazole rings is 1. The molecule has 120 valence electrons. The van der Waals surface area contributed by atoms with Gasteiger partial charge in [-0.15, -0.1) is 5.10 Å². The van der Waals surface area contributed by atoms with Gasteiger partial charge in [0, 0.05) is 33.2 Å². The molecule has 4 rings (SSSR count). The third kappa shape index (κ3) is 2.57. The Kier molecular flexibility index (Phi) is 3.50. The van der Waals surface area contributed by atoms with E-state index in [4.69, 9.17) is 0 Å². The summed E-state index contributed by atoms with van der Waals surface area (Å²) in [7, 11) is 1.68. The van der Waals surface area contributed by atoms with Gasteiger partial charge in [-0.3, -0.25) is 14.5 Å². The minimum atomic E-state index is -0.165. The summed E-state index contributed by atoms with van der Waals surface area (Å²) >= 11 is 1.22. The molecule has 0 atom stereocenters. The maximum atomic E-state index is 12.5. The molecule has 11 heteroatoms. The predicted octanol–water partition coefficient (Wildman–Crippen LogP) is -0.664. The fourth-order valence-corrected chi connectivity index (χ4v) is 3.17. The first-order chi connectivity index (χ1) is 11.2. The smallest absolute Gasteiger partial charge is 0.280 e. The summed E-state index contributed by atoms with van der Waals surface area (Å²) in [4.78, 5) is 30.7. The highest BCUT2D eigenvalue weighted by molar-refractivity contribution is 7.99. The summed E-state index contributed by atoms with van der Waals surface area (Å²) < 4.78 is 1.48. The van der Waals surface area contributed by atoms with Gasteiger partial charge < -0.3 is 15.2 Å². The van der Waals surface area contributed by atoms with Crippen LogP contribution < -0.4 is 15.8 Å². The van der Waals surface area contributed by atoms with Crippen molar-refractivity contribution >= 4 is 28.9 Å². The lowest BCUT2D eigenvalue weighted by Gasteiger charge is -2.26. The number of piperazine rings is 1. The second-order valence-electron chi connectivity index (χ2n) is 5.14. The molecule has 1 fully saturated rings. The molecule has 10 nitrogen and oxygen atoms in total. The Hall–Kier alpha value is -2.40. The lowest BCUT2D eigenvalue weighted by molar-refractivity contribution is 0.582. The van der Waals surface area contributed by atoms with Crippen LogP contribution in [-0.4, -0.2) is 60.9 Å². The lowest BCUT2D eigenvalue weighted by atomic mass is 10.4. The SMILES string of the molecule is Cn1c(Sc2nc[nH]n2)nc2nc(N3CCNCC3)[nH]c2c1=O. The lowest BCUT2D eigenvalue weighted by Crippen LogP contribution is -2.44. The van der Waals surface area contributed by atoms with Gasteiger partial charge in [0.1, 0.15) is 6.33 Å². The van der Waals surface area contributed by atoms with Crippen LogP contribution in [0.4, 0.5) is 5.95 Å². The van der Waals surface area contributed by atoms with E-state index in [0.29, 0.717) is 27.4 Å². The first kappa shape index (κ1) is 14.2. The molecule has 0 bridgehead atoms. The number of nitrogens with one attached hydrogen (secondary N) is 3. The van der Waals surface area contributed by atoms with Crippen LogP contribution in [0.15, 0.2) is 21.4 Å². The zero-order valence-corrected chi connectivity index (χ0v) is 13.2. The summed E-state index contributed by atoms with van der Waals surface area (Å²) in [5, 5.41) is 10.9.